The highest BCUT2D eigenvalue weighted by atomic mass is 35.5. The van der Waals surface area contributed by atoms with E-state index in [2.05, 4.69) is 10.6 Å². The van der Waals surface area contributed by atoms with Crippen LogP contribution in [0.15, 0.2) is 36.4 Å². The number of para-hydroxylation sites is 1. The molecule has 24 heavy (non-hydrogen) atoms. The second-order valence-electron chi connectivity index (χ2n) is 5.54. The summed E-state index contributed by atoms with van der Waals surface area (Å²) in [5.41, 5.74) is 8.93. The first kappa shape index (κ1) is 17.9. The van der Waals surface area contributed by atoms with Crippen molar-refractivity contribution in [1.29, 1.82) is 0 Å². The van der Waals surface area contributed by atoms with Gasteiger partial charge in [0.15, 0.2) is 0 Å². The van der Waals surface area contributed by atoms with E-state index >= 15 is 0 Å². The lowest BCUT2D eigenvalue weighted by Gasteiger charge is -2.12. The Morgan fingerprint density at radius 1 is 1.21 bits per heavy atom. The van der Waals surface area contributed by atoms with E-state index < -0.39 is 0 Å². The van der Waals surface area contributed by atoms with Crippen LogP contribution in [-0.4, -0.2) is 19.2 Å². The predicted octanol–water partition coefficient (Wildman–Crippen LogP) is 4.13. The molecule has 2 aromatic carbocycles. The number of halogens is 1. The molecule has 0 aliphatic carbocycles. The number of anilines is 2. The van der Waals surface area contributed by atoms with Crippen LogP contribution in [0.3, 0.4) is 0 Å². The molecule has 0 heterocycles. The highest BCUT2D eigenvalue weighted by molar-refractivity contribution is 6.33. The summed E-state index contributed by atoms with van der Waals surface area (Å²) in [7, 11) is 0. The number of nitrogens with one attached hydrogen (secondary N) is 2. The highest BCUT2D eigenvalue weighted by Gasteiger charge is 2.05. The molecule has 4 N–H and O–H groups in total. The van der Waals surface area contributed by atoms with Crippen molar-refractivity contribution in [2.24, 2.45) is 0 Å². The maximum atomic E-state index is 11.8. The standard InChI is InChI=1S/C18H22ClN3O2/c1-12-5-3-6-13(2)17(12)24-10-4-9-21-18(23)22-14-7-8-16(20)15(19)11-14/h3,5-8,11H,4,9-10,20H2,1-2H3,(H2,21,22,23). The monoisotopic (exact) mass is 347 g/mol. The molecule has 2 amide bonds. The Morgan fingerprint density at radius 3 is 2.58 bits per heavy atom. The summed E-state index contributed by atoms with van der Waals surface area (Å²) in [6, 6.07) is 10.7. The van der Waals surface area contributed by atoms with Crippen LogP contribution >= 0.6 is 11.6 Å². The van der Waals surface area contributed by atoms with Crippen LogP contribution in [0.4, 0.5) is 16.2 Å². The van der Waals surface area contributed by atoms with Crippen molar-refractivity contribution in [3.05, 3.63) is 52.5 Å². The molecule has 2 aromatic rings. The molecule has 0 aliphatic rings. The molecule has 2 rings (SSSR count). The van der Waals surface area contributed by atoms with Gasteiger partial charge >= 0.3 is 6.03 Å². The smallest absolute Gasteiger partial charge is 0.319 e. The van der Waals surface area contributed by atoms with Crippen molar-refractivity contribution < 1.29 is 9.53 Å². The number of nitrogens with two attached hydrogens (primary N) is 1. The van der Waals surface area contributed by atoms with Gasteiger partial charge < -0.3 is 21.1 Å². The SMILES string of the molecule is Cc1cccc(C)c1OCCCNC(=O)Nc1ccc(N)c(Cl)c1. The molecule has 0 saturated carbocycles. The Hall–Kier alpha value is -2.40. The zero-order chi connectivity index (χ0) is 17.5. The second kappa shape index (κ2) is 8.45. The first-order chi connectivity index (χ1) is 11.5. The number of amides is 2. The van der Waals surface area contributed by atoms with Gasteiger partial charge in [0.1, 0.15) is 5.75 Å². The summed E-state index contributed by atoms with van der Waals surface area (Å²) in [5.74, 6) is 0.915. The van der Waals surface area contributed by atoms with Gasteiger partial charge in [-0.2, -0.15) is 0 Å². The van der Waals surface area contributed by atoms with Crippen LogP contribution in [0, 0.1) is 13.8 Å². The van der Waals surface area contributed by atoms with Gasteiger partial charge in [-0.25, -0.2) is 4.79 Å². The van der Waals surface area contributed by atoms with Crippen molar-refractivity contribution in [1.82, 2.24) is 5.32 Å². The third kappa shape index (κ3) is 5.06. The zero-order valence-electron chi connectivity index (χ0n) is 13.9. The quantitative estimate of drug-likeness (QED) is 0.543. The molecule has 0 bridgehead atoms. The van der Waals surface area contributed by atoms with Gasteiger partial charge in [-0.05, 0) is 49.6 Å². The Labute approximate surface area is 147 Å². The van der Waals surface area contributed by atoms with Crippen LogP contribution in [-0.2, 0) is 0 Å². The predicted molar refractivity (Wildman–Crippen MR) is 98.9 cm³/mol. The molecular formula is C18H22ClN3O2. The number of nitrogen functional groups attached to an aromatic ring is 1. The molecule has 0 aliphatic heterocycles. The van der Waals surface area contributed by atoms with Crippen LogP contribution in [0.2, 0.25) is 5.02 Å². The molecule has 0 spiro atoms. The molecule has 128 valence electrons. The second-order valence-corrected chi connectivity index (χ2v) is 5.95. The van der Waals surface area contributed by atoms with Crippen LogP contribution in [0.5, 0.6) is 5.75 Å². The Morgan fingerprint density at radius 2 is 1.92 bits per heavy atom. The number of hydrogen-bond donors (Lipinski definition) is 3. The number of rotatable bonds is 6. The molecule has 0 saturated heterocycles. The number of urea groups is 1. The normalized spacial score (nSPS) is 10.3. The van der Waals surface area contributed by atoms with Crippen molar-refractivity contribution in [3.63, 3.8) is 0 Å². The summed E-state index contributed by atoms with van der Waals surface area (Å²) in [4.78, 5) is 11.8. The van der Waals surface area contributed by atoms with Gasteiger partial charge in [0.2, 0.25) is 0 Å². The van der Waals surface area contributed by atoms with E-state index in [1.165, 1.54) is 0 Å². The maximum absolute atomic E-state index is 11.8. The molecule has 0 fully saturated rings. The third-order valence-electron chi connectivity index (χ3n) is 3.52. The van der Waals surface area contributed by atoms with Gasteiger partial charge in [-0.15, -0.1) is 0 Å². The fourth-order valence-electron chi connectivity index (χ4n) is 2.26. The van der Waals surface area contributed by atoms with Crippen LogP contribution in [0.25, 0.3) is 0 Å². The van der Waals surface area contributed by atoms with E-state index in [4.69, 9.17) is 22.1 Å². The number of carbonyl (C=O) groups excluding carboxylic acids is 1. The summed E-state index contributed by atoms with van der Waals surface area (Å²) < 4.78 is 5.79. The number of benzene rings is 2. The zero-order valence-corrected chi connectivity index (χ0v) is 14.6. The van der Waals surface area contributed by atoms with Crippen LogP contribution < -0.4 is 21.1 Å². The number of ether oxygens (including phenoxy) is 1. The van der Waals surface area contributed by atoms with Crippen molar-refractivity contribution >= 4 is 29.0 Å². The topological polar surface area (TPSA) is 76.4 Å². The minimum atomic E-state index is -0.289. The molecule has 0 unspecified atom stereocenters. The largest absolute Gasteiger partial charge is 0.493 e. The molecule has 0 aromatic heterocycles. The Bertz CT molecular complexity index is 699. The van der Waals surface area contributed by atoms with E-state index in [-0.39, 0.29) is 6.03 Å². The maximum Gasteiger partial charge on any atom is 0.319 e. The van der Waals surface area contributed by atoms with E-state index in [1.54, 1.807) is 18.2 Å². The molecular weight excluding hydrogens is 326 g/mol. The highest BCUT2D eigenvalue weighted by Crippen LogP contribution is 2.23. The number of aryl methyl sites for hydroxylation is 2. The first-order valence-electron chi connectivity index (χ1n) is 7.76. The Balaban J connectivity index is 1.70. The van der Waals surface area contributed by atoms with Crippen LogP contribution in [0.1, 0.15) is 17.5 Å². The molecule has 5 nitrogen and oxygen atoms in total. The van der Waals surface area contributed by atoms with Crippen molar-refractivity contribution in [2.45, 2.75) is 20.3 Å². The lowest BCUT2D eigenvalue weighted by Crippen LogP contribution is -2.30. The van der Waals surface area contributed by atoms with Gasteiger partial charge in [-0.1, -0.05) is 29.8 Å². The third-order valence-corrected chi connectivity index (χ3v) is 3.85. The fraction of sp³-hybridized carbons (Fsp3) is 0.278. The van der Waals surface area contributed by atoms with Gasteiger partial charge in [0.25, 0.3) is 0 Å². The fourth-order valence-corrected chi connectivity index (χ4v) is 2.44. The van der Waals surface area contributed by atoms with Crippen molar-refractivity contribution in [2.75, 3.05) is 24.2 Å². The van der Waals surface area contributed by atoms with E-state index in [1.807, 2.05) is 32.0 Å². The lowest BCUT2D eigenvalue weighted by molar-refractivity contribution is 0.250. The van der Waals surface area contributed by atoms with E-state index in [0.29, 0.717) is 36.0 Å². The molecule has 0 atom stereocenters. The minimum Gasteiger partial charge on any atom is -0.493 e. The van der Waals surface area contributed by atoms with Gasteiger partial charge in [0, 0.05) is 12.2 Å². The van der Waals surface area contributed by atoms with Gasteiger partial charge in [0.05, 0.1) is 17.3 Å². The summed E-state index contributed by atoms with van der Waals surface area (Å²) in [6.07, 6.45) is 0.712. The average Bonchev–Trinajstić information content (AvgIpc) is 2.53. The minimum absolute atomic E-state index is 0.289. The Kier molecular flexibility index (Phi) is 6.32. The van der Waals surface area contributed by atoms with Crippen molar-refractivity contribution in [3.8, 4) is 5.75 Å². The molecule has 0 radical (unpaired) electrons. The summed E-state index contributed by atoms with van der Waals surface area (Å²) in [5, 5.41) is 5.89. The number of carbonyl (C=O) groups is 1. The first-order valence-corrected chi connectivity index (χ1v) is 8.14. The lowest BCUT2D eigenvalue weighted by atomic mass is 10.1. The summed E-state index contributed by atoms with van der Waals surface area (Å²) >= 11 is 5.91. The van der Waals surface area contributed by atoms with E-state index in [0.717, 1.165) is 16.9 Å². The van der Waals surface area contributed by atoms with E-state index in [9.17, 15) is 4.79 Å². The van der Waals surface area contributed by atoms with Gasteiger partial charge in [-0.3, -0.25) is 0 Å². The summed E-state index contributed by atoms with van der Waals surface area (Å²) in [6.45, 7) is 5.09. The average molecular weight is 348 g/mol. The number of hydrogen-bond acceptors (Lipinski definition) is 3. The molecule has 6 heteroatoms.